The second-order valence-corrected chi connectivity index (χ2v) is 5.67. The van der Waals surface area contributed by atoms with Gasteiger partial charge in [-0.15, -0.1) is 0 Å². The average Bonchev–Trinajstić information content (AvgIpc) is 2.52. The summed E-state index contributed by atoms with van der Waals surface area (Å²) in [5, 5.41) is -0.132. The van der Waals surface area contributed by atoms with Gasteiger partial charge in [-0.2, -0.15) is 0 Å². The van der Waals surface area contributed by atoms with Gasteiger partial charge in [-0.1, -0.05) is 29.8 Å². The van der Waals surface area contributed by atoms with Gasteiger partial charge in [-0.05, 0) is 25.2 Å². The van der Waals surface area contributed by atoms with E-state index < -0.39 is 12.0 Å². The van der Waals surface area contributed by atoms with Crippen molar-refractivity contribution in [2.24, 2.45) is 7.05 Å². The molecule has 0 unspecified atom stereocenters. The zero-order valence-electron chi connectivity index (χ0n) is 12.4. The molecule has 0 saturated heterocycles. The Morgan fingerprint density at radius 3 is 2.52 bits per heavy atom. The lowest BCUT2D eigenvalue weighted by atomic mass is 10.1. The molecule has 2 heterocycles. The standard InChI is InChI=1S/C16H13F2N3OS/c1-8-3-5-9(6-4-8)11-7-10(13(17)18)12-14(19-11)21(2)16(23)20-15(12)22/h3-7,13H,1-2H3,(H,20,22,23). The summed E-state index contributed by atoms with van der Waals surface area (Å²) >= 11 is 5.03. The van der Waals surface area contributed by atoms with Crippen LogP contribution in [0.2, 0.25) is 0 Å². The summed E-state index contributed by atoms with van der Waals surface area (Å²) in [5.41, 5.74) is 1.28. The Morgan fingerprint density at radius 1 is 1.26 bits per heavy atom. The van der Waals surface area contributed by atoms with E-state index in [-0.39, 0.29) is 21.4 Å². The van der Waals surface area contributed by atoms with Crippen molar-refractivity contribution in [1.29, 1.82) is 0 Å². The number of nitrogens with zero attached hydrogens (tertiary/aromatic N) is 2. The Morgan fingerprint density at radius 2 is 1.91 bits per heavy atom. The molecular weight excluding hydrogens is 320 g/mol. The lowest BCUT2D eigenvalue weighted by Gasteiger charge is -2.11. The van der Waals surface area contributed by atoms with Crippen molar-refractivity contribution in [3.8, 4) is 11.3 Å². The molecule has 0 aliphatic rings. The van der Waals surface area contributed by atoms with Gasteiger partial charge in [0.05, 0.1) is 11.1 Å². The number of hydrogen-bond donors (Lipinski definition) is 1. The maximum Gasteiger partial charge on any atom is 0.264 e. The third-order valence-corrected chi connectivity index (χ3v) is 4.06. The molecule has 0 aliphatic heterocycles. The average molecular weight is 333 g/mol. The van der Waals surface area contributed by atoms with Gasteiger partial charge < -0.3 is 4.57 Å². The number of pyridine rings is 1. The highest BCUT2D eigenvalue weighted by atomic mass is 32.1. The van der Waals surface area contributed by atoms with Crippen molar-refractivity contribution in [2.45, 2.75) is 13.3 Å². The largest absolute Gasteiger partial charge is 0.306 e. The van der Waals surface area contributed by atoms with Gasteiger partial charge in [0.25, 0.3) is 12.0 Å². The molecule has 3 rings (SSSR count). The highest BCUT2D eigenvalue weighted by Gasteiger charge is 2.19. The van der Waals surface area contributed by atoms with Gasteiger partial charge in [0, 0.05) is 18.2 Å². The fourth-order valence-electron chi connectivity index (χ4n) is 2.41. The van der Waals surface area contributed by atoms with E-state index in [2.05, 4.69) is 9.97 Å². The SMILES string of the molecule is Cc1ccc(-c2cc(C(F)F)c3c(=O)[nH]c(=S)n(C)c3n2)cc1. The van der Waals surface area contributed by atoms with Crippen molar-refractivity contribution in [1.82, 2.24) is 14.5 Å². The maximum atomic E-state index is 13.5. The molecule has 3 aromatic rings. The number of benzene rings is 1. The van der Waals surface area contributed by atoms with E-state index in [0.29, 0.717) is 11.3 Å². The van der Waals surface area contributed by atoms with Gasteiger partial charge in [0.1, 0.15) is 5.65 Å². The molecule has 0 spiro atoms. The molecule has 0 aliphatic carbocycles. The number of aryl methyl sites for hydroxylation is 2. The van der Waals surface area contributed by atoms with E-state index in [4.69, 9.17) is 12.2 Å². The Labute approximate surface area is 135 Å². The van der Waals surface area contributed by atoms with Gasteiger partial charge >= 0.3 is 0 Å². The third kappa shape index (κ3) is 2.68. The smallest absolute Gasteiger partial charge is 0.264 e. The Bertz CT molecular complexity index is 1010. The number of rotatable bonds is 2. The molecule has 23 heavy (non-hydrogen) atoms. The molecule has 7 heteroatoms. The number of aromatic nitrogens is 3. The number of H-pyrrole nitrogens is 1. The number of hydrogen-bond acceptors (Lipinski definition) is 3. The first-order valence-corrected chi connectivity index (χ1v) is 7.28. The van der Waals surface area contributed by atoms with Crippen LogP contribution in [0.15, 0.2) is 35.1 Å². The maximum absolute atomic E-state index is 13.5. The number of halogens is 2. The molecule has 0 radical (unpaired) electrons. The lowest BCUT2D eigenvalue weighted by Crippen LogP contribution is -2.16. The summed E-state index contributed by atoms with van der Waals surface area (Å²) in [6, 6.07) is 8.62. The van der Waals surface area contributed by atoms with Gasteiger partial charge in [-0.3, -0.25) is 9.78 Å². The summed E-state index contributed by atoms with van der Waals surface area (Å²) in [4.78, 5) is 18.8. The molecule has 0 fully saturated rings. The van der Waals surface area contributed by atoms with E-state index in [0.717, 1.165) is 5.56 Å². The van der Waals surface area contributed by atoms with Crippen molar-refractivity contribution in [3.63, 3.8) is 0 Å². The van der Waals surface area contributed by atoms with Crippen LogP contribution in [0.1, 0.15) is 17.6 Å². The molecule has 0 amide bonds. The summed E-state index contributed by atoms with van der Waals surface area (Å²) in [6.07, 6.45) is -2.79. The van der Waals surface area contributed by atoms with Crippen LogP contribution in [0.25, 0.3) is 22.3 Å². The first-order chi connectivity index (χ1) is 10.9. The van der Waals surface area contributed by atoms with Crippen LogP contribution in [-0.2, 0) is 7.05 Å². The monoisotopic (exact) mass is 333 g/mol. The Kier molecular flexibility index (Phi) is 3.81. The van der Waals surface area contributed by atoms with E-state index in [1.54, 1.807) is 19.2 Å². The summed E-state index contributed by atoms with van der Waals surface area (Å²) in [5.74, 6) is 0. The Hall–Kier alpha value is -2.41. The van der Waals surface area contributed by atoms with Crippen molar-refractivity contribution in [2.75, 3.05) is 0 Å². The molecular formula is C16H13F2N3OS. The zero-order valence-corrected chi connectivity index (χ0v) is 13.2. The number of nitrogens with one attached hydrogen (secondary N) is 1. The number of alkyl halides is 2. The van der Waals surface area contributed by atoms with Crippen molar-refractivity contribution in [3.05, 3.63) is 56.6 Å². The first kappa shape index (κ1) is 15.5. The van der Waals surface area contributed by atoms with Crippen LogP contribution >= 0.6 is 12.2 Å². The van der Waals surface area contributed by atoms with Crippen LogP contribution in [0.4, 0.5) is 8.78 Å². The quantitative estimate of drug-likeness (QED) is 0.724. The predicted molar refractivity (Wildman–Crippen MR) is 87.3 cm³/mol. The lowest BCUT2D eigenvalue weighted by molar-refractivity contribution is 0.153. The van der Waals surface area contributed by atoms with Gasteiger partial charge in [-0.25, -0.2) is 13.8 Å². The first-order valence-electron chi connectivity index (χ1n) is 6.87. The number of aromatic amines is 1. The predicted octanol–water partition coefficient (Wildman–Crippen LogP) is 3.90. The third-order valence-electron chi connectivity index (χ3n) is 3.68. The summed E-state index contributed by atoms with van der Waals surface area (Å²) in [6.45, 7) is 1.94. The van der Waals surface area contributed by atoms with Crippen molar-refractivity contribution < 1.29 is 8.78 Å². The van der Waals surface area contributed by atoms with Gasteiger partial charge in [0.15, 0.2) is 4.77 Å². The van der Waals surface area contributed by atoms with Crippen LogP contribution in [0.5, 0.6) is 0 Å². The summed E-state index contributed by atoms with van der Waals surface area (Å²) < 4.78 is 28.5. The minimum atomic E-state index is -2.79. The van der Waals surface area contributed by atoms with Crippen LogP contribution < -0.4 is 5.56 Å². The topological polar surface area (TPSA) is 50.7 Å². The fourth-order valence-corrected chi connectivity index (χ4v) is 2.59. The molecule has 2 aromatic heterocycles. The van der Waals surface area contributed by atoms with E-state index in [1.807, 2.05) is 19.1 Å². The Balaban J connectivity index is 2.42. The van der Waals surface area contributed by atoms with E-state index >= 15 is 0 Å². The second-order valence-electron chi connectivity index (χ2n) is 5.28. The summed E-state index contributed by atoms with van der Waals surface area (Å²) in [7, 11) is 1.59. The zero-order chi connectivity index (χ0) is 16.7. The van der Waals surface area contributed by atoms with Crippen molar-refractivity contribution >= 4 is 23.3 Å². The van der Waals surface area contributed by atoms with Crippen LogP contribution in [0.3, 0.4) is 0 Å². The second kappa shape index (κ2) is 5.66. The molecule has 0 atom stereocenters. The fraction of sp³-hybridized carbons (Fsp3) is 0.188. The van der Waals surface area contributed by atoms with E-state index in [9.17, 15) is 13.6 Å². The molecule has 4 nitrogen and oxygen atoms in total. The van der Waals surface area contributed by atoms with E-state index in [1.165, 1.54) is 10.6 Å². The highest BCUT2D eigenvalue weighted by molar-refractivity contribution is 7.71. The minimum Gasteiger partial charge on any atom is -0.306 e. The van der Waals surface area contributed by atoms with Crippen LogP contribution in [0, 0.1) is 11.7 Å². The molecule has 0 saturated carbocycles. The highest BCUT2D eigenvalue weighted by Crippen LogP contribution is 2.29. The molecule has 0 bridgehead atoms. The molecule has 1 N–H and O–H groups in total. The normalized spacial score (nSPS) is 11.3. The number of fused-ring (bicyclic) bond motifs is 1. The molecule has 118 valence electrons. The van der Waals surface area contributed by atoms with Crippen LogP contribution in [-0.4, -0.2) is 14.5 Å². The van der Waals surface area contributed by atoms with Gasteiger partial charge in [0.2, 0.25) is 0 Å². The minimum absolute atomic E-state index is 0.132. The molecule has 1 aromatic carbocycles.